The molecule has 0 aliphatic carbocycles. The quantitative estimate of drug-likeness (QED) is 0.102. The molecule has 8 nitrogen and oxygen atoms in total. The smallest absolute Gasteiger partial charge is 0.241 e. The zero-order valence-electron chi connectivity index (χ0n) is 22.2. The predicted molar refractivity (Wildman–Crippen MR) is 162 cm³/mol. The van der Waals surface area contributed by atoms with Gasteiger partial charge in [-0.25, -0.2) is 13.1 Å². The van der Waals surface area contributed by atoms with Gasteiger partial charge in [0.15, 0.2) is 0 Å². The zero-order chi connectivity index (χ0) is 27.7. The van der Waals surface area contributed by atoms with E-state index in [0.29, 0.717) is 31.0 Å². The van der Waals surface area contributed by atoms with Gasteiger partial charge in [-0.1, -0.05) is 42.5 Å². The lowest BCUT2D eigenvalue weighted by Crippen LogP contribution is -2.29. The van der Waals surface area contributed by atoms with Gasteiger partial charge in [0.05, 0.1) is 23.0 Å². The molecule has 0 fully saturated rings. The van der Waals surface area contributed by atoms with Gasteiger partial charge < -0.3 is 20.3 Å². The summed E-state index contributed by atoms with van der Waals surface area (Å²) < 4.78 is 34.2. The maximum absolute atomic E-state index is 13.0. The monoisotopic (exact) mass is 565 g/mol. The highest BCUT2D eigenvalue weighted by molar-refractivity contribution is 7.89. The fourth-order valence-corrected chi connectivity index (χ4v) is 6.06. The van der Waals surface area contributed by atoms with Gasteiger partial charge in [-0.3, -0.25) is 5.41 Å². The highest BCUT2D eigenvalue weighted by Crippen LogP contribution is 2.30. The average molecular weight is 566 g/mol. The first-order chi connectivity index (χ1) is 18.8. The summed E-state index contributed by atoms with van der Waals surface area (Å²) in [5.74, 6) is 0.402. The van der Waals surface area contributed by atoms with E-state index < -0.39 is 10.0 Å². The van der Waals surface area contributed by atoms with Crippen molar-refractivity contribution in [3.63, 3.8) is 0 Å². The minimum absolute atomic E-state index is 0.205. The number of nitrogens with one attached hydrogen (secondary N) is 4. The SMILES string of the molecule is CN(C)c1cccc2c(S(=O)(=O)NCCOCCNCCc3ccc(NC(=N)c4cccs4)cc3)cccc12. The van der Waals surface area contributed by atoms with Crippen LogP contribution in [0.4, 0.5) is 11.4 Å². The third-order valence-electron chi connectivity index (χ3n) is 6.17. The van der Waals surface area contributed by atoms with Crippen molar-refractivity contribution < 1.29 is 13.2 Å². The molecule has 4 aromatic rings. The minimum Gasteiger partial charge on any atom is -0.379 e. The van der Waals surface area contributed by atoms with E-state index in [1.54, 1.807) is 12.1 Å². The van der Waals surface area contributed by atoms with Gasteiger partial charge in [-0.2, -0.15) is 0 Å². The van der Waals surface area contributed by atoms with E-state index in [1.165, 1.54) is 16.9 Å². The normalized spacial score (nSPS) is 11.5. The molecule has 206 valence electrons. The van der Waals surface area contributed by atoms with Crippen LogP contribution in [-0.4, -0.2) is 61.2 Å². The Kier molecular flexibility index (Phi) is 10.1. The second-order valence-electron chi connectivity index (χ2n) is 9.21. The molecule has 39 heavy (non-hydrogen) atoms. The largest absolute Gasteiger partial charge is 0.379 e. The molecular formula is C29H35N5O3S2. The number of nitrogens with zero attached hydrogens (tertiary/aromatic N) is 1. The molecule has 0 unspecified atom stereocenters. The number of hydrogen-bond acceptors (Lipinski definition) is 7. The Bertz CT molecular complexity index is 1470. The summed E-state index contributed by atoms with van der Waals surface area (Å²) in [5.41, 5.74) is 3.07. The minimum atomic E-state index is -3.66. The van der Waals surface area contributed by atoms with Gasteiger partial charge >= 0.3 is 0 Å². The Hall–Kier alpha value is -3.28. The van der Waals surface area contributed by atoms with Gasteiger partial charge in [-0.15, -0.1) is 11.3 Å². The van der Waals surface area contributed by atoms with Gasteiger partial charge in [0, 0.05) is 49.3 Å². The van der Waals surface area contributed by atoms with Crippen LogP contribution < -0.4 is 20.3 Å². The fourth-order valence-electron chi connectivity index (χ4n) is 4.20. The van der Waals surface area contributed by atoms with Crippen LogP contribution in [0.5, 0.6) is 0 Å². The van der Waals surface area contributed by atoms with E-state index in [1.807, 2.05) is 72.9 Å². The maximum atomic E-state index is 13.0. The van der Waals surface area contributed by atoms with Crippen LogP contribution in [0, 0.1) is 5.41 Å². The van der Waals surface area contributed by atoms with Crippen LogP contribution >= 0.6 is 11.3 Å². The number of anilines is 2. The fraction of sp³-hybridized carbons (Fsp3) is 0.276. The van der Waals surface area contributed by atoms with Crippen LogP contribution in [0.3, 0.4) is 0 Å². The van der Waals surface area contributed by atoms with Crippen molar-refractivity contribution in [2.45, 2.75) is 11.3 Å². The standard InChI is InChI=1S/C29H35N5O3S2/c1-34(2)26-8-3-7-25-24(26)6-4-10-28(25)39(35,36)32-18-20-37-19-17-31-16-15-22-11-13-23(14-12-22)33-29(30)27-9-5-21-38-27/h3-14,21,31-32H,15-20H2,1-2H3,(H2,30,33). The van der Waals surface area contributed by atoms with Crippen molar-refractivity contribution in [2.24, 2.45) is 0 Å². The summed E-state index contributed by atoms with van der Waals surface area (Å²) >= 11 is 1.54. The summed E-state index contributed by atoms with van der Waals surface area (Å²) in [5, 5.41) is 18.1. The lowest BCUT2D eigenvalue weighted by atomic mass is 10.1. The summed E-state index contributed by atoms with van der Waals surface area (Å²) in [6.07, 6.45) is 0.878. The first kappa shape index (κ1) is 28.7. The van der Waals surface area contributed by atoms with Gasteiger partial charge in [0.1, 0.15) is 5.84 Å². The average Bonchev–Trinajstić information content (AvgIpc) is 3.48. The molecule has 0 radical (unpaired) electrons. The molecule has 0 atom stereocenters. The molecule has 0 aliphatic rings. The molecule has 3 aromatic carbocycles. The number of fused-ring (bicyclic) bond motifs is 1. The Labute approximate surface area is 234 Å². The van der Waals surface area contributed by atoms with E-state index in [9.17, 15) is 8.42 Å². The van der Waals surface area contributed by atoms with Crippen LogP contribution in [0.2, 0.25) is 0 Å². The summed E-state index contributed by atoms with van der Waals surface area (Å²) in [6, 6.07) is 23.0. The summed E-state index contributed by atoms with van der Waals surface area (Å²) in [6.45, 7) is 2.49. The van der Waals surface area contributed by atoms with Crippen molar-refractivity contribution in [3.8, 4) is 0 Å². The van der Waals surface area contributed by atoms with E-state index in [2.05, 4.69) is 27.5 Å². The summed E-state index contributed by atoms with van der Waals surface area (Å²) in [7, 11) is 0.222. The van der Waals surface area contributed by atoms with E-state index in [-0.39, 0.29) is 11.4 Å². The summed E-state index contributed by atoms with van der Waals surface area (Å²) in [4.78, 5) is 3.16. The first-order valence-corrected chi connectivity index (χ1v) is 15.2. The third kappa shape index (κ3) is 7.87. The molecule has 1 aromatic heterocycles. The number of ether oxygens (including phenoxy) is 1. The topological polar surface area (TPSA) is 107 Å². The van der Waals surface area contributed by atoms with Crippen LogP contribution in [0.15, 0.2) is 83.1 Å². The number of sulfonamides is 1. The van der Waals surface area contributed by atoms with Gasteiger partial charge in [0.25, 0.3) is 0 Å². The first-order valence-electron chi connectivity index (χ1n) is 12.8. The van der Waals surface area contributed by atoms with Crippen LogP contribution in [-0.2, 0) is 21.2 Å². The highest BCUT2D eigenvalue weighted by Gasteiger charge is 2.18. The lowest BCUT2D eigenvalue weighted by molar-refractivity contribution is 0.141. The maximum Gasteiger partial charge on any atom is 0.241 e. The molecule has 0 saturated heterocycles. The lowest BCUT2D eigenvalue weighted by Gasteiger charge is -2.17. The van der Waals surface area contributed by atoms with Crippen LogP contribution in [0.25, 0.3) is 10.8 Å². The predicted octanol–water partition coefficient (Wildman–Crippen LogP) is 4.53. The van der Waals surface area contributed by atoms with E-state index in [0.717, 1.165) is 34.6 Å². The molecule has 0 spiro atoms. The molecule has 10 heteroatoms. The van der Waals surface area contributed by atoms with Crippen molar-refractivity contribution in [3.05, 3.63) is 88.6 Å². The molecule has 0 aliphatic heterocycles. The van der Waals surface area contributed by atoms with Crippen molar-refractivity contribution in [1.29, 1.82) is 5.41 Å². The third-order valence-corrected chi connectivity index (χ3v) is 8.58. The second kappa shape index (κ2) is 13.7. The Morgan fingerprint density at radius 1 is 0.897 bits per heavy atom. The Morgan fingerprint density at radius 3 is 2.38 bits per heavy atom. The van der Waals surface area contributed by atoms with Crippen molar-refractivity contribution in [2.75, 3.05) is 57.2 Å². The van der Waals surface area contributed by atoms with E-state index >= 15 is 0 Å². The number of thiophene rings is 1. The molecule has 4 rings (SSSR count). The Balaban J connectivity index is 1.12. The molecule has 0 amide bonds. The molecule has 1 heterocycles. The second-order valence-corrected chi connectivity index (χ2v) is 11.9. The molecular weight excluding hydrogens is 530 g/mol. The number of hydrogen-bond donors (Lipinski definition) is 4. The molecule has 4 N–H and O–H groups in total. The van der Waals surface area contributed by atoms with Gasteiger partial charge in [-0.05, 0) is 54.2 Å². The molecule has 0 saturated carbocycles. The van der Waals surface area contributed by atoms with Crippen molar-refractivity contribution in [1.82, 2.24) is 10.0 Å². The van der Waals surface area contributed by atoms with E-state index in [4.69, 9.17) is 10.1 Å². The molecule has 0 bridgehead atoms. The van der Waals surface area contributed by atoms with Crippen LogP contribution in [0.1, 0.15) is 10.4 Å². The highest BCUT2D eigenvalue weighted by atomic mass is 32.2. The number of benzene rings is 3. The Morgan fingerprint density at radius 2 is 1.64 bits per heavy atom. The van der Waals surface area contributed by atoms with Gasteiger partial charge in [0.2, 0.25) is 10.0 Å². The van der Waals surface area contributed by atoms with Crippen molar-refractivity contribution >= 4 is 49.3 Å². The zero-order valence-corrected chi connectivity index (χ0v) is 23.9. The number of amidine groups is 1. The number of rotatable bonds is 14.